The molecule has 1 saturated heterocycles. The average molecular weight is 287 g/mol. The van der Waals surface area contributed by atoms with Gasteiger partial charge in [0.05, 0.1) is 0 Å². The highest BCUT2D eigenvalue weighted by molar-refractivity contribution is 5.68. The zero-order chi connectivity index (χ0) is 15.5. The minimum atomic E-state index is -0.422. The van der Waals surface area contributed by atoms with Crippen LogP contribution in [0.15, 0.2) is 29.8 Å². The lowest BCUT2D eigenvalue weighted by Gasteiger charge is -2.31. The summed E-state index contributed by atoms with van der Waals surface area (Å²) in [5.74, 6) is 0. The van der Waals surface area contributed by atoms with Crippen molar-refractivity contribution in [2.45, 2.75) is 46.1 Å². The SMILES string of the molecule is Cc1ccc(C=C2CCN(C(=O)OC(C)(C)C)CC2)cc1. The van der Waals surface area contributed by atoms with E-state index in [1.807, 2.05) is 20.8 Å². The monoisotopic (exact) mass is 287 g/mol. The van der Waals surface area contributed by atoms with Gasteiger partial charge in [-0.15, -0.1) is 0 Å². The Bertz CT molecular complexity index is 513. The van der Waals surface area contributed by atoms with Crippen molar-refractivity contribution < 1.29 is 9.53 Å². The molecule has 0 bridgehead atoms. The molecule has 1 aliphatic heterocycles. The van der Waals surface area contributed by atoms with Crippen LogP contribution in [0.4, 0.5) is 4.79 Å². The number of amides is 1. The van der Waals surface area contributed by atoms with E-state index in [4.69, 9.17) is 4.74 Å². The van der Waals surface area contributed by atoms with Crippen LogP contribution in [-0.4, -0.2) is 29.7 Å². The third-order valence-corrected chi connectivity index (χ3v) is 3.51. The van der Waals surface area contributed by atoms with Crippen molar-refractivity contribution in [3.8, 4) is 0 Å². The van der Waals surface area contributed by atoms with E-state index >= 15 is 0 Å². The Hall–Kier alpha value is -1.77. The van der Waals surface area contributed by atoms with E-state index in [2.05, 4.69) is 37.3 Å². The largest absolute Gasteiger partial charge is 0.444 e. The number of piperidine rings is 1. The second-order valence-electron chi connectivity index (χ2n) is 6.68. The van der Waals surface area contributed by atoms with Crippen LogP contribution in [0, 0.1) is 6.92 Å². The van der Waals surface area contributed by atoms with Gasteiger partial charge in [0.15, 0.2) is 0 Å². The molecular formula is C18H25NO2. The van der Waals surface area contributed by atoms with Crippen molar-refractivity contribution in [1.82, 2.24) is 4.90 Å². The van der Waals surface area contributed by atoms with Gasteiger partial charge in [-0.2, -0.15) is 0 Å². The standard InChI is InChI=1S/C18H25NO2/c1-14-5-7-15(8-6-14)13-16-9-11-19(12-10-16)17(20)21-18(2,3)4/h5-8,13H,9-12H2,1-4H3. The number of carbonyl (C=O) groups is 1. The van der Waals surface area contributed by atoms with Gasteiger partial charge in [-0.3, -0.25) is 0 Å². The number of hydrogen-bond donors (Lipinski definition) is 0. The van der Waals surface area contributed by atoms with E-state index in [1.165, 1.54) is 16.7 Å². The molecule has 1 amide bonds. The normalized spacial score (nSPS) is 15.8. The number of nitrogens with zero attached hydrogens (tertiary/aromatic N) is 1. The Morgan fingerprint density at radius 3 is 2.24 bits per heavy atom. The molecule has 1 heterocycles. The molecule has 3 heteroatoms. The first-order valence-corrected chi connectivity index (χ1v) is 7.57. The smallest absolute Gasteiger partial charge is 0.410 e. The van der Waals surface area contributed by atoms with Gasteiger partial charge in [0, 0.05) is 13.1 Å². The quantitative estimate of drug-likeness (QED) is 0.765. The Labute approximate surface area is 127 Å². The summed E-state index contributed by atoms with van der Waals surface area (Å²) in [7, 11) is 0. The molecule has 0 aromatic heterocycles. The van der Waals surface area contributed by atoms with Crippen LogP contribution in [0.3, 0.4) is 0 Å². The number of ether oxygens (including phenoxy) is 1. The number of rotatable bonds is 1. The number of benzene rings is 1. The zero-order valence-electron chi connectivity index (χ0n) is 13.5. The summed E-state index contributed by atoms with van der Waals surface area (Å²) in [6.45, 7) is 9.28. The van der Waals surface area contributed by atoms with Gasteiger partial charge < -0.3 is 9.64 Å². The van der Waals surface area contributed by atoms with Crippen LogP contribution >= 0.6 is 0 Å². The lowest BCUT2D eigenvalue weighted by Crippen LogP contribution is -2.40. The van der Waals surface area contributed by atoms with Crippen molar-refractivity contribution >= 4 is 12.2 Å². The Kier molecular flexibility index (Phi) is 4.71. The van der Waals surface area contributed by atoms with Crippen LogP contribution < -0.4 is 0 Å². The molecule has 1 fully saturated rings. The second-order valence-corrected chi connectivity index (χ2v) is 6.68. The number of carbonyl (C=O) groups excluding carboxylic acids is 1. The fourth-order valence-corrected chi connectivity index (χ4v) is 2.35. The lowest BCUT2D eigenvalue weighted by atomic mass is 10.0. The maximum atomic E-state index is 12.0. The molecule has 0 unspecified atom stereocenters. The Morgan fingerprint density at radius 2 is 1.71 bits per heavy atom. The summed E-state index contributed by atoms with van der Waals surface area (Å²) in [6, 6.07) is 8.54. The molecule has 114 valence electrons. The fraction of sp³-hybridized carbons (Fsp3) is 0.500. The molecule has 1 aromatic carbocycles. The van der Waals surface area contributed by atoms with Gasteiger partial charge in [-0.1, -0.05) is 41.5 Å². The van der Waals surface area contributed by atoms with Gasteiger partial charge in [0.25, 0.3) is 0 Å². The fourth-order valence-electron chi connectivity index (χ4n) is 2.35. The van der Waals surface area contributed by atoms with Crippen LogP contribution in [0.2, 0.25) is 0 Å². The zero-order valence-corrected chi connectivity index (χ0v) is 13.5. The highest BCUT2D eigenvalue weighted by atomic mass is 16.6. The van der Waals surface area contributed by atoms with Gasteiger partial charge >= 0.3 is 6.09 Å². The summed E-state index contributed by atoms with van der Waals surface area (Å²) < 4.78 is 5.41. The Morgan fingerprint density at radius 1 is 1.14 bits per heavy atom. The molecule has 3 nitrogen and oxygen atoms in total. The minimum absolute atomic E-state index is 0.197. The van der Waals surface area contributed by atoms with Crippen molar-refractivity contribution in [2.75, 3.05) is 13.1 Å². The first kappa shape index (κ1) is 15.6. The third kappa shape index (κ3) is 4.92. The predicted octanol–water partition coefficient (Wildman–Crippen LogP) is 4.41. The van der Waals surface area contributed by atoms with Crippen molar-refractivity contribution in [1.29, 1.82) is 0 Å². The molecule has 0 atom stereocenters. The maximum absolute atomic E-state index is 12.0. The van der Waals surface area contributed by atoms with E-state index in [0.717, 1.165) is 25.9 Å². The van der Waals surface area contributed by atoms with Gasteiger partial charge in [-0.05, 0) is 46.1 Å². The first-order chi connectivity index (χ1) is 9.83. The van der Waals surface area contributed by atoms with Gasteiger partial charge in [-0.25, -0.2) is 4.79 Å². The molecule has 0 radical (unpaired) electrons. The summed E-state index contributed by atoms with van der Waals surface area (Å²) in [6.07, 6.45) is 3.89. The number of aryl methyl sites for hydroxylation is 1. The highest BCUT2D eigenvalue weighted by Crippen LogP contribution is 2.21. The topological polar surface area (TPSA) is 29.5 Å². The van der Waals surface area contributed by atoms with E-state index in [-0.39, 0.29) is 6.09 Å². The van der Waals surface area contributed by atoms with E-state index in [1.54, 1.807) is 4.90 Å². The van der Waals surface area contributed by atoms with Gasteiger partial charge in [0.2, 0.25) is 0 Å². The summed E-state index contributed by atoms with van der Waals surface area (Å²) in [5, 5.41) is 0. The molecule has 0 spiro atoms. The Balaban J connectivity index is 1.91. The second kappa shape index (κ2) is 6.33. The van der Waals surface area contributed by atoms with Crippen LogP contribution in [0.1, 0.15) is 44.7 Å². The average Bonchev–Trinajstić information content (AvgIpc) is 2.40. The summed E-state index contributed by atoms with van der Waals surface area (Å²) >= 11 is 0. The summed E-state index contributed by atoms with van der Waals surface area (Å²) in [5.41, 5.74) is 3.49. The van der Waals surface area contributed by atoms with Crippen molar-refractivity contribution in [2.24, 2.45) is 0 Å². The van der Waals surface area contributed by atoms with E-state index < -0.39 is 5.60 Å². The van der Waals surface area contributed by atoms with Gasteiger partial charge in [0.1, 0.15) is 5.60 Å². The van der Waals surface area contributed by atoms with E-state index in [9.17, 15) is 4.79 Å². The highest BCUT2D eigenvalue weighted by Gasteiger charge is 2.24. The molecule has 1 aliphatic rings. The molecule has 1 aromatic rings. The van der Waals surface area contributed by atoms with Crippen LogP contribution in [-0.2, 0) is 4.74 Å². The molecular weight excluding hydrogens is 262 g/mol. The molecule has 2 rings (SSSR count). The predicted molar refractivity (Wildman–Crippen MR) is 86.2 cm³/mol. The van der Waals surface area contributed by atoms with E-state index in [0.29, 0.717) is 0 Å². The number of hydrogen-bond acceptors (Lipinski definition) is 2. The van der Waals surface area contributed by atoms with Crippen LogP contribution in [0.25, 0.3) is 6.08 Å². The molecule has 0 saturated carbocycles. The lowest BCUT2D eigenvalue weighted by molar-refractivity contribution is 0.0237. The third-order valence-electron chi connectivity index (χ3n) is 3.51. The first-order valence-electron chi connectivity index (χ1n) is 7.57. The van der Waals surface area contributed by atoms with Crippen molar-refractivity contribution in [3.63, 3.8) is 0 Å². The minimum Gasteiger partial charge on any atom is -0.444 e. The summed E-state index contributed by atoms with van der Waals surface area (Å²) in [4.78, 5) is 13.8. The molecule has 0 N–H and O–H groups in total. The molecule has 21 heavy (non-hydrogen) atoms. The number of likely N-dealkylation sites (tertiary alicyclic amines) is 1. The maximum Gasteiger partial charge on any atom is 0.410 e. The van der Waals surface area contributed by atoms with Crippen LogP contribution in [0.5, 0.6) is 0 Å². The molecule has 0 aliphatic carbocycles. The van der Waals surface area contributed by atoms with Crippen molar-refractivity contribution in [3.05, 3.63) is 41.0 Å².